The van der Waals surface area contributed by atoms with E-state index in [0.29, 0.717) is 5.92 Å². The Kier molecular flexibility index (Phi) is 6.22. The zero-order chi connectivity index (χ0) is 21.0. The van der Waals surface area contributed by atoms with Gasteiger partial charge in [-0.25, -0.2) is 4.79 Å². The van der Waals surface area contributed by atoms with E-state index in [1.54, 1.807) is 0 Å². The number of primary amides is 1. The molecule has 0 saturated heterocycles. The third-order valence-electron chi connectivity index (χ3n) is 4.89. The van der Waals surface area contributed by atoms with Gasteiger partial charge in [-0.15, -0.1) is 0 Å². The summed E-state index contributed by atoms with van der Waals surface area (Å²) in [5.74, 6) is 0.370. The first-order valence-corrected chi connectivity index (χ1v) is 9.83. The molecule has 0 spiro atoms. The molecule has 1 heterocycles. The first-order valence-electron chi connectivity index (χ1n) is 9.83. The van der Waals surface area contributed by atoms with Crippen LogP contribution < -0.4 is 16.4 Å². The fourth-order valence-electron chi connectivity index (χ4n) is 3.62. The Bertz CT molecular complexity index is 1020. The molecule has 0 aliphatic rings. The second-order valence-corrected chi connectivity index (χ2v) is 7.81. The standard InChI is InChI=1S/C23H28N4O2/c1-15(2)14-27-11-10-17-12-18(8-9-21(17)27)25-22(28)13-20(26-23(24)29)19-7-5-4-6-16(19)3/h4-12,15,20H,13-14H2,1-3H3,(H,25,28)(H3,24,26,29). The van der Waals surface area contributed by atoms with E-state index >= 15 is 0 Å². The van der Waals surface area contributed by atoms with Crippen LogP contribution in [-0.2, 0) is 11.3 Å². The fourth-order valence-corrected chi connectivity index (χ4v) is 3.62. The molecule has 29 heavy (non-hydrogen) atoms. The molecule has 152 valence electrons. The van der Waals surface area contributed by atoms with Gasteiger partial charge >= 0.3 is 6.03 Å². The largest absolute Gasteiger partial charge is 0.352 e. The molecule has 0 saturated carbocycles. The number of nitrogens with one attached hydrogen (secondary N) is 2. The van der Waals surface area contributed by atoms with Gasteiger partial charge in [-0.3, -0.25) is 4.79 Å². The van der Waals surface area contributed by atoms with Gasteiger partial charge in [0, 0.05) is 29.3 Å². The second-order valence-electron chi connectivity index (χ2n) is 7.81. The molecule has 0 bridgehead atoms. The predicted octanol–water partition coefficient (Wildman–Crippen LogP) is 4.34. The summed E-state index contributed by atoms with van der Waals surface area (Å²) in [4.78, 5) is 24.1. The zero-order valence-electron chi connectivity index (χ0n) is 17.1. The maximum absolute atomic E-state index is 12.7. The van der Waals surface area contributed by atoms with Gasteiger partial charge in [0.2, 0.25) is 5.91 Å². The lowest BCUT2D eigenvalue weighted by atomic mass is 9.98. The molecule has 3 rings (SSSR count). The van der Waals surface area contributed by atoms with E-state index in [-0.39, 0.29) is 12.3 Å². The predicted molar refractivity (Wildman–Crippen MR) is 117 cm³/mol. The number of nitrogens with zero attached hydrogens (tertiary/aromatic N) is 1. The molecule has 1 aromatic heterocycles. The summed E-state index contributed by atoms with van der Waals surface area (Å²) in [6.07, 6.45) is 2.17. The molecule has 0 aliphatic heterocycles. The minimum absolute atomic E-state index is 0.0974. The van der Waals surface area contributed by atoms with Crippen LogP contribution in [0.3, 0.4) is 0 Å². The van der Waals surface area contributed by atoms with Crippen molar-refractivity contribution in [2.75, 3.05) is 5.32 Å². The molecule has 6 nitrogen and oxygen atoms in total. The van der Waals surface area contributed by atoms with Crippen molar-refractivity contribution in [3.63, 3.8) is 0 Å². The quantitative estimate of drug-likeness (QED) is 0.558. The summed E-state index contributed by atoms with van der Waals surface area (Å²) in [7, 11) is 0. The highest BCUT2D eigenvalue weighted by Crippen LogP contribution is 2.24. The summed E-state index contributed by atoms with van der Waals surface area (Å²) < 4.78 is 2.22. The van der Waals surface area contributed by atoms with Gasteiger partial charge in [-0.2, -0.15) is 0 Å². The van der Waals surface area contributed by atoms with Crippen LogP contribution in [-0.4, -0.2) is 16.5 Å². The van der Waals surface area contributed by atoms with Gasteiger partial charge in [-0.05, 0) is 48.2 Å². The Morgan fingerprint density at radius 1 is 1.10 bits per heavy atom. The molecule has 3 amide bonds. The lowest BCUT2D eigenvalue weighted by Crippen LogP contribution is -2.35. The number of urea groups is 1. The summed E-state index contributed by atoms with van der Waals surface area (Å²) in [6.45, 7) is 7.27. The fraction of sp³-hybridized carbons (Fsp3) is 0.304. The maximum Gasteiger partial charge on any atom is 0.312 e. The van der Waals surface area contributed by atoms with Crippen LogP contribution in [0.4, 0.5) is 10.5 Å². The lowest BCUT2D eigenvalue weighted by Gasteiger charge is -2.19. The van der Waals surface area contributed by atoms with Crippen molar-refractivity contribution in [2.45, 2.75) is 39.8 Å². The highest BCUT2D eigenvalue weighted by molar-refractivity contribution is 5.94. The van der Waals surface area contributed by atoms with Gasteiger partial charge < -0.3 is 20.9 Å². The number of carbonyl (C=O) groups is 2. The van der Waals surface area contributed by atoms with Crippen molar-refractivity contribution in [3.05, 3.63) is 65.9 Å². The molecule has 4 N–H and O–H groups in total. The van der Waals surface area contributed by atoms with E-state index in [1.165, 1.54) is 0 Å². The van der Waals surface area contributed by atoms with Crippen LogP contribution in [0.5, 0.6) is 0 Å². The Balaban J connectivity index is 1.74. The van der Waals surface area contributed by atoms with Crippen LogP contribution in [0.2, 0.25) is 0 Å². The maximum atomic E-state index is 12.7. The highest BCUT2D eigenvalue weighted by Gasteiger charge is 2.19. The highest BCUT2D eigenvalue weighted by atomic mass is 16.2. The van der Waals surface area contributed by atoms with Gasteiger partial charge in [-0.1, -0.05) is 38.1 Å². The summed E-state index contributed by atoms with van der Waals surface area (Å²) >= 11 is 0. The minimum atomic E-state index is -0.654. The summed E-state index contributed by atoms with van der Waals surface area (Å²) in [5.41, 5.74) is 9.07. The average Bonchev–Trinajstić information content (AvgIpc) is 3.02. The Morgan fingerprint density at radius 3 is 2.55 bits per heavy atom. The SMILES string of the molecule is Cc1ccccc1C(CC(=O)Nc1ccc2c(ccn2CC(C)C)c1)NC(N)=O. The van der Waals surface area contributed by atoms with Crippen LogP contribution in [0.15, 0.2) is 54.7 Å². The molecule has 6 heteroatoms. The van der Waals surface area contributed by atoms with Crippen LogP contribution in [0.25, 0.3) is 10.9 Å². The van der Waals surface area contributed by atoms with E-state index in [2.05, 4.69) is 41.3 Å². The third-order valence-corrected chi connectivity index (χ3v) is 4.89. The van der Waals surface area contributed by atoms with Crippen LogP contribution in [0, 0.1) is 12.8 Å². The molecule has 1 atom stereocenters. The molecular weight excluding hydrogens is 364 g/mol. The Hall–Kier alpha value is -3.28. The minimum Gasteiger partial charge on any atom is -0.352 e. The zero-order valence-corrected chi connectivity index (χ0v) is 17.1. The molecular formula is C23H28N4O2. The number of aromatic nitrogens is 1. The average molecular weight is 393 g/mol. The Morgan fingerprint density at radius 2 is 1.86 bits per heavy atom. The molecule has 0 radical (unpaired) electrons. The van der Waals surface area contributed by atoms with E-state index in [9.17, 15) is 9.59 Å². The molecule has 2 aromatic carbocycles. The van der Waals surface area contributed by atoms with Crippen molar-refractivity contribution >= 4 is 28.5 Å². The number of nitrogens with two attached hydrogens (primary N) is 1. The number of amides is 3. The van der Waals surface area contributed by atoms with E-state index in [0.717, 1.165) is 34.3 Å². The number of carbonyl (C=O) groups excluding carboxylic acids is 2. The first kappa shape index (κ1) is 20.5. The van der Waals surface area contributed by atoms with Gasteiger partial charge in [0.05, 0.1) is 12.5 Å². The van der Waals surface area contributed by atoms with Crippen molar-refractivity contribution in [2.24, 2.45) is 11.7 Å². The van der Waals surface area contributed by atoms with E-state index < -0.39 is 12.1 Å². The topological polar surface area (TPSA) is 89.2 Å². The van der Waals surface area contributed by atoms with Crippen molar-refractivity contribution in [1.82, 2.24) is 9.88 Å². The van der Waals surface area contributed by atoms with Crippen molar-refractivity contribution in [1.29, 1.82) is 0 Å². The number of benzene rings is 2. The molecule has 3 aromatic rings. The number of hydrogen-bond donors (Lipinski definition) is 3. The van der Waals surface area contributed by atoms with Crippen molar-refractivity contribution < 1.29 is 9.59 Å². The summed E-state index contributed by atoms with van der Waals surface area (Å²) in [5, 5.41) is 6.69. The number of aryl methyl sites for hydroxylation is 1. The van der Waals surface area contributed by atoms with E-state index in [1.807, 2.05) is 49.4 Å². The normalized spacial score (nSPS) is 12.1. The smallest absolute Gasteiger partial charge is 0.312 e. The van der Waals surface area contributed by atoms with E-state index in [4.69, 9.17) is 5.73 Å². The number of hydrogen-bond acceptors (Lipinski definition) is 2. The molecule has 0 aliphatic carbocycles. The molecule has 0 fully saturated rings. The first-order chi connectivity index (χ1) is 13.8. The van der Waals surface area contributed by atoms with Crippen molar-refractivity contribution in [3.8, 4) is 0 Å². The molecule has 1 unspecified atom stereocenters. The summed E-state index contributed by atoms with van der Waals surface area (Å²) in [6, 6.07) is 14.4. The lowest BCUT2D eigenvalue weighted by molar-refractivity contribution is -0.116. The van der Waals surface area contributed by atoms with Crippen LogP contribution >= 0.6 is 0 Å². The Labute approximate surface area is 171 Å². The number of fused-ring (bicyclic) bond motifs is 1. The monoisotopic (exact) mass is 392 g/mol. The third kappa shape index (κ3) is 5.16. The van der Waals surface area contributed by atoms with Gasteiger partial charge in [0.1, 0.15) is 0 Å². The van der Waals surface area contributed by atoms with Gasteiger partial charge in [0.25, 0.3) is 0 Å². The number of rotatable bonds is 7. The van der Waals surface area contributed by atoms with Gasteiger partial charge in [0.15, 0.2) is 0 Å². The number of anilines is 1. The van der Waals surface area contributed by atoms with Crippen LogP contribution in [0.1, 0.15) is 37.4 Å². The second kappa shape index (κ2) is 8.82.